The van der Waals surface area contributed by atoms with Gasteiger partial charge in [0.2, 0.25) is 0 Å². The molecule has 0 radical (unpaired) electrons. The SMILES string of the molecule is CN=C(NC1CCN(c2ccc(C)cn2)CC1)NC1CC1c1ccccc1. The van der Waals surface area contributed by atoms with Crippen molar-refractivity contribution in [3.8, 4) is 0 Å². The Morgan fingerprint density at radius 1 is 1.07 bits per heavy atom. The summed E-state index contributed by atoms with van der Waals surface area (Å²) in [5, 5.41) is 7.22. The fourth-order valence-corrected chi connectivity index (χ4v) is 3.86. The summed E-state index contributed by atoms with van der Waals surface area (Å²) in [6.45, 7) is 4.13. The summed E-state index contributed by atoms with van der Waals surface area (Å²) in [5.41, 5.74) is 2.63. The van der Waals surface area contributed by atoms with Crippen LogP contribution in [0.2, 0.25) is 0 Å². The molecule has 0 spiro atoms. The van der Waals surface area contributed by atoms with E-state index in [4.69, 9.17) is 0 Å². The lowest BCUT2D eigenvalue weighted by molar-refractivity contribution is 0.459. The van der Waals surface area contributed by atoms with Gasteiger partial charge in [-0.15, -0.1) is 0 Å². The number of nitrogens with one attached hydrogen (secondary N) is 2. The largest absolute Gasteiger partial charge is 0.356 e. The van der Waals surface area contributed by atoms with Crippen molar-refractivity contribution in [2.45, 2.75) is 44.2 Å². The van der Waals surface area contributed by atoms with Crippen molar-refractivity contribution in [3.05, 3.63) is 59.8 Å². The van der Waals surface area contributed by atoms with Crippen LogP contribution in [0.3, 0.4) is 0 Å². The summed E-state index contributed by atoms with van der Waals surface area (Å²) >= 11 is 0. The van der Waals surface area contributed by atoms with Crippen molar-refractivity contribution < 1.29 is 0 Å². The van der Waals surface area contributed by atoms with E-state index in [-0.39, 0.29) is 0 Å². The molecule has 5 heteroatoms. The first kappa shape index (κ1) is 17.8. The van der Waals surface area contributed by atoms with E-state index in [2.05, 4.69) is 74.9 Å². The third kappa shape index (κ3) is 4.41. The second-order valence-corrected chi connectivity index (χ2v) is 7.68. The van der Waals surface area contributed by atoms with Gasteiger partial charge in [-0.3, -0.25) is 4.99 Å². The third-order valence-electron chi connectivity index (χ3n) is 5.62. The van der Waals surface area contributed by atoms with Crippen molar-refractivity contribution in [1.82, 2.24) is 15.6 Å². The molecule has 1 saturated heterocycles. The molecule has 1 aliphatic carbocycles. The predicted molar refractivity (Wildman–Crippen MR) is 111 cm³/mol. The molecule has 27 heavy (non-hydrogen) atoms. The summed E-state index contributed by atoms with van der Waals surface area (Å²) in [6, 6.07) is 16.0. The number of aromatic nitrogens is 1. The molecule has 1 saturated carbocycles. The zero-order valence-corrected chi connectivity index (χ0v) is 16.2. The van der Waals surface area contributed by atoms with Gasteiger partial charge >= 0.3 is 0 Å². The molecular weight excluding hydrogens is 334 g/mol. The Morgan fingerprint density at radius 3 is 2.52 bits per heavy atom. The van der Waals surface area contributed by atoms with Gasteiger partial charge in [0.1, 0.15) is 5.82 Å². The number of anilines is 1. The fraction of sp³-hybridized carbons (Fsp3) is 0.455. The van der Waals surface area contributed by atoms with Crippen molar-refractivity contribution in [3.63, 3.8) is 0 Å². The Kier molecular flexibility index (Phi) is 5.28. The smallest absolute Gasteiger partial charge is 0.191 e. The molecule has 1 aromatic heterocycles. The number of benzene rings is 1. The van der Waals surface area contributed by atoms with Crippen LogP contribution in [0.25, 0.3) is 0 Å². The number of aliphatic imine (C=N–C) groups is 1. The molecule has 142 valence electrons. The lowest BCUT2D eigenvalue weighted by Gasteiger charge is -2.33. The lowest BCUT2D eigenvalue weighted by Crippen LogP contribution is -2.49. The van der Waals surface area contributed by atoms with E-state index in [1.165, 1.54) is 17.5 Å². The molecule has 1 aromatic carbocycles. The number of guanidine groups is 1. The van der Waals surface area contributed by atoms with E-state index in [0.717, 1.165) is 37.7 Å². The van der Waals surface area contributed by atoms with Gasteiger partial charge in [0.05, 0.1) is 0 Å². The van der Waals surface area contributed by atoms with E-state index < -0.39 is 0 Å². The van der Waals surface area contributed by atoms with Crippen LogP contribution in [-0.2, 0) is 0 Å². The van der Waals surface area contributed by atoms with Crippen LogP contribution < -0.4 is 15.5 Å². The molecule has 5 nitrogen and oxygen atoms in total. The maximum absolute atomic E-state index is 4.56. The summed E-state index contributed by atoms with van der Waals surface area (Å²) in [7, 11) is 1.86. The highest BCUT2D eigenvalue weighted by Gasteiger charge is 2.39. The molecule has 0 amide bonds. The van der Waals surface area contributed by atoms with E-state index >= 15 is 0 Å². The average Bonchev–Trinajstić information content (AvgIpc) is 3.48. The molecule has 2 N–H and O–H groups in total. The summed E-state index contributed by atoms with van der Waals surface area (Å²) in [6.07, 6.45) is 5.33. The summed E-state index contributed by atoms with van der Waals surface area (Å²) in [4.78, 5) is 11.4. The summed E-state index contributed by atoms with van der Waals surface area (Å²) < 4.78 is 0. The molecule has 2 fully saturated rings. The molecule has 2 atom stereocenters. The Labute approximate surface area is 161 Å². The van der Waals surface area contributed by atoms with Gasteiger partial charge in [0.25, 0.3) is 0 Å². The minimum atomic E-state index is 0.465. The number of hydrogen-bond donors (Lipinski definition) is 2. The van der Waals surface area contributed by atoms with Gasteiger partial charge in [0, 0.05) is 44.3 Å². The Morgan fingerprint density at radius 2 is 1.85 bits per heavy atom. The predicted octanol–water partition coefficient (Wildman–Crippen LogP) is 3.08. The highest BCUT2D eigenvalue weighted by atomic mass is 15.2. The first-order chi connectivity index (χ1) is 13.2. The topological polar surface area (TPSA) is 52.6 Å². The van der Waals surface area contributed by atoms with Crippen LogP contribution >= 0.6 is 0 Å². The second kappa shape index (κ2) is 7.99. The molecule has 4 rings (SSSR count). The van der Waals surface area contributed by atoms with Crippen molar-refractivity contribution in [2.75, 3.05) is 25.0 Å². The lowest BCUT2D eigenvalue weighted by atomic mass is 10.1. The number of aryl methyl sites for hydroxylation is 1. The van der Waals surface area contributed by atoms with Gasteiger partial charge in [-0.1, -0.05) is 36.4 Å². The molecular formula is C22H29N5. The highest BCUT2D eigenvalue weighted by molar-refractivity contribution is 5.81. The fourth-order valence-electron chi connectivity index (χ4n) is 3.86. The number of piperidine rings is 1. The Bertz CT molecular complexity index is 763. The van der Waals surface area contributed by atoms with Gasteiger partial charge in [-0.25, -0.2) is 4.98 Å². The van der Waals surface area contributed by atoms with Gasteiger partial charge in [0.15, 0.2) is 5.96 Å². The number of nitrogens with zero attached hydrogens (tertiary/aromatic N) is 3. The Hall–Kier alpha value is -2.56. The number of hydrogen-bond acceptors (Lipinski definition) is 3. The molecule has 2 aromatic rings. The average molecular weight is 364 g/mol. The zero-order chi connectivity index (χ0) is 18.6. The van der Waals surface area contributed by atoms with E-state index in [9.17, 15) is 0 Å². The maximum atomic E-state index is 4.56. The highest BCUT2D eigenvalue weighted by Crippen LogP contribution is 2.40. The normalized spacial score (nSPS) is 23.2. The monoisotopic (exact) mass is 363 g/mol. The molecule has 2 unspecified atom stereocenters. The first-order valence-corrected chi connectivity index (χ1v) is 9.95. The summed E-state index contributed by atoms with van der Waals surface area (Å²) in [5.74, 6) is 2.63. The standard InChI is InChI=1S/C22H29N5/c1-16-8-9-21(24-15-16)27-12-10-18(11-13-27)25-22(23-2)26-20-14-19(20)17-6-4-3-5-7-17/h3-9,15,18-20H,10-14H2,1-2H3,(H2,23,25,26). The third-order valence-corrected chi connectivity index (χ3v) is 5.62. The van der Waals surface area contributed by atoms with Crippen molar-refractivity contribution in [1.29, 1.82) is 0 Å². The molecule has 0 bridgehead atoms. The second-order valence-electron chi connectivity index (χ2n) is 7.68. The van der Waals surface area contributed by atoms with Crippen molar-refractivity contribution in [2.24, 2.45) is 4.99 Å². The zero-order valence-electron chi connectivity index (χ0n) is 16.2. The van der Waals surface area contributed by atoms with E-state index in [0.29, 0.717) is 18.0 Å². The molecule has 2 heterocycles. The minimum absolute atomic E-state index is 0.465. The van der Waals surface area contributed by atoms with E-state index in [1.807, 2.05) is 13.2 Å². The van der Waals surface area contributed by atoms with Crippen LogP contribution in [0.5, 0.6) is 0 Å². The minimum Gasteiger partial charge on any atom is -0.356 e. The van der Waals surface area contributed by atoms with Crippen LogP contribution in [0.4, 0.5) is 5.82 Å². The van der Waals surface area contributed by atoms with E-state index in [1.54, 1.807) is 0 Å². The van der Waals surface area contributed by atoms with Crippen LogP contribution in [-0.4, -0.2) is 43.2 Å². The number of rotatable bonds is 4. The Balaban J connectivity index is 1.25. The maximum Gasteiger partial charge on any atom is 0.191 e. The van der Waals surface area contributed by atoms with Gasteiger partial charge in [-0.2, -0.15) is 0 Å². The van der Waals surface area contributed by atoms with Gasteiger partial charge in [-0.05, 0) is 43.4 Å². The molecule has 2 aliphatic rings. The first-order valence-electron chi connectivity index (χ1n) is 9.95. The number of pyridine rings is 1. The van der Waals surface area contributed by atoms with Crippen molar-refractivity contribution >= 4 is 11.8 Å². The van der Waals surface area contributed by atoms with Gasteiger partial charge < -0.3 is 15.5 Å². The van der Waals surface area contributed by atoms with Crippen LogP contribution in [0.1, 0.15) is 36.3 Å². The van der Waals surface area contributed by atoms with Crippen LogP contribution in [0.15, 0.2) is 53.7 Å². The molecule has 1 aliphatic heterocycles. The van der Waals surface area contributed by atoms with Crippen LogP contribution in [0, 0.1) is 6.92 Å². The quantitative estimate of drug-likeness (QED) is 0.647.